The first-order valence-electron chi connectivity index (χ1n) is 3.00. The standard InChI is InChI=1S/C4H9NO2.CH3ClO2S/c1-3(5)2-4(6)7;1-5(2,3)4/h3H,2,5H2,1H3,(H,6,7);1H3/t3-;/m0./s1. The fourth-order valence-corrected chi connectivity index (χ4v) is 0.275. The molecule has 7 heteroatoms. The lowest BCUT2D eigenvalue weighted by Gasteiger charge is -1.95. The molecular weight excluding hydrogens is 206 g/mol. The van der Waals surface area contributed by atoms with Crippen molar-refractivity contribution in [3.8, 4) is 0 Å². The minimum atomic E-state index is -3.19. The van der Waals surface area contributed by atoms with E-state index in [1.54, 1.807) is 6.92 Å². The molecule has 0 spiro atoms. The summed E-state index contributed by atoms with van der Waals surface area (Å²) in [6.07, 6.45) is 0.981. The second-order valence-electron chi connectivity index (χ2n) is 2.26. The number of carbonyl (C=O) groups is 1. The number of carboxylic acids is 1. The van der Waals surface area contributed by atoms with Crippen molar-refractivity contribution >= 4 is 25.7 Å². The first kappa shape index (κ1) is 14.2. The van der Waals surface area contributed by atoms with Crippen molar-refractivity contribution in [3.63, 3.8) is 0 Å². The monoisotopic (exact) mass is 217 g/mol. The molecule has 0 radical (unpaired) electrons. The first-order chi connectivity index (χ1) is 5.13. The van der Waals surface area contributed by atoms with Crippen molar-refractivity contribution in [2.24, 2.45) is 5.73 Å². The molecule has 0 unspecified atom stereocenters. The highest BCUT2D eigenvalue weighted by atomic mass is 35.7. The van der Waals surface area contributed by atoms with E-state index in [0.717, 1.165) is 6.26 Å². The fourth-order valence-electron chi connectivity index (χ4n) is 0.275. The number of hydrogen-bond acceptors (Lipinski definition) is 4. The van der Waals surface area contributed by atoms with E-state index in [2.05, 4.69) is 10.7 Å². The third kappa shape index (κ3) is 54.0. The van der Waals surface area contributed by atoms with E-state index >= 15 is 0 Å². The molecular formula is C5H12ClNO4S. The summed E-state index contributed by atoms with van der Waals surface area (Å²) in [5.74, 6) is -0.838. The summed E-state index contributed by atoms with van der Waals surface area (Å²) in [7, 11) is 1.31. The molecule has 0 rings (SSSR count). The van der Waals surface area contributed by atoms with Gasteiger partial charge in [0.05, 0.1) is 12.7 Å². The smallest absolute Gasteiger partial charge is 0.304 e. The van der Waals surface area contributed by atoms with Crippen LogP contribution in [0.15, 0.2) is 0 Å². The minimum absolute atomic E-state index is 0.0556. The predicted octanol–water partition coefficient (Wildman–Crippen LogP) is -0.00690. The van der Waals surface area contributed by atoms with Gasteiger partial charge in [0.2, 0.25) is 9.05 Å². The molecule has 0 aromatic carbocycles. The zero-order valence-corrected chi connectivity index (χ0v) is 8.39. The molecule has 0 aliphatic heterocycles. The number of hydrogen-bond donors (Lipinski definition) is 2. The van der Waals surface area contributed by atoms with Crippen molar-refractivity contribution < 1.29 is 18.3 Å². The van der Waals surface area contributed by atoms with Gasteiger partial charge in [0.25, 0.3) is 0 Å². The van der Waals surface area contributed by atoms with Gasteiger partial charge >= 0.3 is 5.97 Å². The number of rotatable bonds is 2. The van der Waals surface area contributed by atoms with Gasteiger partial charge in [0.15, 0.2) is 0 Å². The quantitative estimate of drug-likeness (QED) is 0.635. The molecule has 74 valence electrons. The van der Waals surface area contributed by atoms with Crippen LogP contribution in [0.2, 0.25) is 0 Å². The van der Waals surface area contributed by atoms with Gasteiger partial charge in [-0.2, -0.15) is 0 Å². The molecule has 0 aromatic heterocycles. The topological polar surface area (TPSA) is 97.5 Å². The average molecular weight is 218 g/mol. The maximum Gasteiger partial charge on any atom is 0.304 e. The Morgan fingerprint density at radius 2 is 1.92 bits per heavy atom. The lowest BCUT2D eigenvalue weighted by Crippen LogP contribution is -2.18. The number of carboxylic acid groups (broad SMARTS) is 1. The Kier molecular flexibility index (Phi) is 7.36. The summed E-state index contributed by atoms with van der Waals surface area (Å²) < 4.78 is 18.8. The van der Waals surface area contributed by atoms with E-state index in [9.17, 15) is 13.2 Å². The van der Waals surface area contributed by atoms with Gasteiger partial charge in [-0.05, 0) is 6.92 Å². The van der Waals surface area contributed by atoms with Crippen LogP contribution in [0.1, 0.15) is 13.3 Å². The molecule has 1 atom stereocenters. The molecule has 0 bridgehead atoms. The number of nitrogens with two attached hydrogens (primary N) is 1. The van der Waals surface area contributed by atoms with Crippen LogP contribution >= 0.6 is 10.7 Å². The zero-order valence-electron chi connectivity index (χ0n) is 6.82. The largest absolute Gasteiger partial charge is 0.481 e. The molecule has 0 aliphatic carbocycles. The number of aliphatic carboxylic acids is 1. The highest BCUT2D eigenvalue weighted by Gasteiger charge is 1.98. The molecule has 5 nitrogen and oxygen atoms in total. The van der Waals surface area contributed by atoms with E-state index in [1.807, 2.05) is 0 Å². The Morgan fingerprint density at radius 3 is 1.92 bits per heavy atom. The van der Waals surface area contributed by atoms with Crippen molar-refractivity contribution in [3.05, 3.63) is 0 Å². The van der Waals surface area contributed by atoms with E-state index in [-0.39, 0.29) is 12.5 Å². The van der Waals surface area contributed by atoms with Gasteiger partial charge in [-0.25, -0.2) is 8.42 Å². The third-order valence-corrected chi connectivity index (χ3v) is 0.497. The maximum atomic E-state index is 9.73. The lowest BCUT2D eigenvalue weighted by atomic mass is 10.3. The predicted molar refractivity (Wildman–Crippen MR) is 46.6 cm³/mol. The van der Waals surface area contributed by atoms with Crippen molar-refractivity contribution in [2.45, 2.75) is 19.4 Å². The average Bonchev–Trinajstić information content (AvgIpc) is 1.52. The Balaban J connectivity index is 0. The van der Waals surface area contributed by atoms with Crippen LogP contribution in [0.3, 0.4) is 0 Å². The highest BCUT2D eigenvalue weighted by Crippen LogP contribution is 1.83. The lowest BCUT2D eigenvalue weighted by molar-refractivity contribution is -0.137. The SMILES string of the molecule is CS(=O)(=O)Cl.C[C@H](N)CC(=O)O. The van der Waals surface area contributed by atoms with E-state index in [0.29, 0.717) is 0 Å². The van der Waals surface area contributed by atoms with Crippen LogP contribution in [-0.4, -0.2) is 31.8 Å². The summed E-state index contributed by atoms with van der Waals surface area (Å²) in [5.41, 5.74) is 5.11. The molecule has 0 aromatic rings. The van der Waals surface area contributed by atoms with Crippen molar-refractivity contribution in [2.75, 3.05) is 6.26 Å². The maximum absolute atomic E-state index is 9.73. The molecule has 0 saturated heterocycles. The Labute approximate surface area is 75.9 Å². The molecule has 12 heavy (non-hydrogen) atoms. The van der Waals surface area contributed by atoms with Crippen LogP contribution < -0.4 is 5.73 Å². The van der Waals surface area contributed by atoms with E-state index in [1.165, 1.54) is 0 Å². The van der Waals surface area contributed by atoms with Crippen molar-refractivity contribution in [1.29, 1.82) is 0 Å². The van der Waals surface area contributed by atoms with E-state index in [4.69, 9.17) is 10.8 Å². The van der Waals surface area contributed by atoms with Crippen molar-refractivity contribution in [1.82, 2.24) is 0 Å². The summed E-state index contributed by atoms with van der Waals surface area (Å²) in [5, 5.41) is 8.00. The molecule has 0 aliphatic rings. The summed E-state index contributed by atoms with van der Waals surface area (Å²) in [6.45, 7) is 1.66. The Bertz CT molecular complexity index is 216. The van der Waals surface area contributed by atoms with Gasteiger partial charge in [-0.1, -0.05) is 0 Å². The van der Waals surface area contributed by atoms with Gasteiger partial charge in [-0.3, -0.25) is 4.79 Å². The fraction of sp³-hybridized carbons (Fsp3) is 0.800. The molecule has 0 fully saturated rings. The molecule has 0 saturated carbocycles. The normalized spacial score (nSPS) is 12.7. The highest BCUT2D eigenvalue weighted by molar-refractivity contribution is 8.13. The summed E-state index contributed by atoms with van der Waals surface area (Å²) >= 11 is 0. The van der Waals surface area contributed by atoms with E-state index < -0.39 is 15.0 Å². The first-order valence-corrected chi connectivity index (χ1v) is 5.71. The second-order valence-corrected chi connectivity index (χ2v) is 5.30. The van der Waals surface area contributed by atoms with Crippen LogP contribution in [0.25, 0.3) is 0 Å². The molecule has 0 heterocycles. The zero-order chi connectivity index (χ0) is 10.4. The molecule has 3 N–H and O–H groups in total. The van der Waals surface area contributed by atoms with Crippen LogP contribution in [0.4, 0.5) is 0 Å². The van der Waals surface area contributed by atoms with Gasteiger partial charge in [0.1, 0.15) is 0 Å². The minimum Gasteiger partial charge on any atom is -0.481 e. The molecule has 0 amide bonds. The van der Waals surface area contributed by atoms with Crippen LogP contribution in [0, 0.1) is 0 Å². The number of halogens is 1. The Morgan fingerprint density at radius 1 is 1.67 bits per heavy atom. The summed E-state index contributed by atoms with van der Waals surface area (Å²) in [4.78, 5) is 9.73. The Hall–Kier alpha value is -0.330. The van der Waals surface area contributed by atoms with Gasteiger partial charge in [-0.15, -0.1) is 0 Å². The van der Waals surface area contributed by atoms with Gasteiger partial charge < -0.3 is 10.8 Å². The van der Waals surface area contributed by atoms with Crippen LogP contribution in [0.5, 0.6) is 0 Å². The van der Waals surface area contributed by atoms with Crippen LogP contribution in [-0.2, 0) is 13.8 Å². The second kappa shape index (κ2) is 6.22. The third-order valence-electron chi connectivity index (χ3n) is 0.497. The summed E-state index contributed by atoms with van der Waals surface area (Å²) in [6, 6.07) is -0.225. The van der Waals surface area contributed by atoms with Gasteiger partial charge in [0, 0.05) is 16.7 Å².